The topological polar surface area (TPSA) is 58.3 Å². The highest BCUT2D eigenvalue weighted by atomic mass is 32.1. The molecule has 1 fully saturated rings. The van der Waals surface area contributed by atoms with E-state index in [1.165, 1.54) is 0 Å². The first-order valence-corrected chi connectivity index (χ1v) is 7.29. The number of hydrogen-bond acceptors (Lipinski definition) is 6. The normalized spacial score (nSPS) is 15.8. The zero-order chi connectivity index (χ0) is 13.1. The van der Waals surface area contributed by atoms with E-state index >= 15 is 0 Å². The highest BCUT2D eigenvalue weighted by molar-refractivity contribution is 7.13. The molecule has 0 radical (unpaired) electrons. The molecule has 1 saturated heterocycles. The maximum atomic E-state index is 5.58. The van der Waals surface area contributed by atoms with Crippen LogP contribution in [0.5, 0.6) is 0 Å². The molecule has 2 N–H and O–H groups in total. The molecule has 2 aromatic heterocycles. The minimum Gasteiger partial charge on any atom is -0.353 e. The monoisotopic (exact) mass is 275 g/mol. The summed E-state index contributed by atoms with van der Waals surface area (Å²) in [4.78, 5) is 13.5. The Morgan fingerprint density at radius 3 is 2.47 bits per heavy atom. The molecule has 19 heavy (non-hydrogen) atoms. The Morgan fingerprint density at radius 1 is 1.11 bits per heavy atom. The van der Waals surface area contributed by atoms with Crippen molar-refractivity contribution in [1.29, 1.82) is 0 Å². The van der Waals surface area contributed by atoms with E-state index in [1.54, 1.807) is 11.3 Å². The quantitative estimate of drug-likeness (QED) is 0.915. The number of hydrogen-bond donors (Lipinski definition) is 1. The highest BCUT2D eigenvalue weighted by Gasteiger charge is 2.19. The lowest BCUT2D eigenvalue weighted by molar-refractivity contribution is 0.646. The summed E-state index contributed by atoms with van der Waals surface area (Å²) in [6.07, 6.45) is 3.72. The molecule has 2 aromatic rings. The molecule has 1 aliphatic heterocycles. The van der Waals surface area contributed by atoms with Gasteiger partial charge in [0.25, 0.3) is 0 Å². The number of piperazine rings is 1. The van der Waals surface area contributed by atoms with Crippen LogP contribution in [0.1, 0.15) is 5.56 Å². The van der Waals surface area contributed by atoms with Gasteiger partial charge in [0.2, 0.25) is 0 Å². The van der Waals surface area contributed by atoms with Crippen molar-refractivity contribution in [2.75, 3.05) is 36.0 Å². The summed E-state index contributed by atoms with van der Waals surface area (Å²) in [7, 11) is 0. The second-order valence-electron chi connectivity index (χ2n) is 4.52. The van der Waals surface area contributed by atoms with Gasteiger partial charge in [0.1, 0.15) is 5.82 Å². The first-order chi connectivity index (χ1) is 9.36. The van der Waals surface area contributed by atoms with Crippen LogP contribution in [0.3, 0.4) is 0 Å². The third-order valence-corrected chi connectivity index (χ3v) is 4.17. The van der Waals surface area contributed by atoms with E-state index in [1.807, 2.05) is 17.8 Å². The van der Waals surface area contributed by atoms with Gasteiger partial charge in [-0.3, -0.25) is 0 Å². The summed E-state index contributed by atoms with van der Waals surface area (Å²) in [5.74, 6) is 1.04. The van der Waals surface area contributed by atoms with Crippen molar-refractivity contribution in [2.24, 2.45) is 5.73 Å². The second kappa shape index (κ2) is 5.54. The summed E-state index contributed by atoms with van der Waals surface area (Å²) < 4.78 is 0. The Hall–Kier alpha value is -1.66. The van der Waals surface area contributed by atoms with E-state index in [9.17, 15) is 0 Å². The van der Waals surface area contributed by atoms with Gasteiger partial charge >= 0.3 is 0 Å². The van der Waals surface area contributed by atoms with Crippen molar-refractivity contribution in [2.45, 2.75) is 6.54 Å². The number of anilines is 2. The first kappa shape index (κ1) is 12.4. The van der Waals surface area contributed by atoms with Crippen molar-refractivity contribution < 1.29 is 0 Å². The third kappa shape index (κ3) is 2.69. The van der Waals surface area contributed by atoms with Crippen molar-refractivity contribution in [3.8, 4) is 0 Å². The first-order valence-electron chi connectivity index (χ1n) is 6.41. The van der Waals surface area contributed by atoms with Crippen molar-refractivity contribution >= 4 is 22.3 Å². The Kier molecular flexibility index (Phi) is 3.61. The molecule has 0 spiro atoms. The number of aromatic nitrogens is 2. The number of nitrogens with two attached hydrogens (primary N) is 1. The highest BCUT2D eigenvalue weighted by Crippen LogP contribution is 2.21. The van der Waals surface area contributed by atoms with Crippen LogP contribution < -0.4 is 15.5 Å². The zero-order valence-corrected chi connectivity index (χ0v) is 11.5. The molecule has 3 rings (SSSR count). The van der Waals surface area contributed by atoms with Crippen LogP contribution in [0.15, 0.2) is 29.9 Å². The predicted molar refractivity (Wildman–Crippen MR) is 78.7 cm³/mol. The molecule has 0 amide bonds. The van der Waals surface area contributed by atoms with Crippen molar-refractivity contribution in [3.63, 3.8) is 0 Å². The summed E-state index contributed by atoms with van der Waals surface area (Å²) in [6, 6.07) is 4.11. The Labute approximate surface area is 116 Å². The van der Waals surface area contributed by atoms with Crippen molar-refractivity contribution in [3.05, 3.63) is 35.5 Å². The number of rotatable bonds is 3. The number of nitrogens with zero attached hydrogens (tertiary/aromatic N) is 4. The molecular formula is C13H17N5S. The summed E-state index contributed by atoms with van der Waals surface area (Å²) >= 11 is 1.70. The van der Waals surface area contributed by atoms with Gasteiger partial charge in [-0.1, -0.05) is 6.07 Å². The average Bonchev–Trinajstić information content (AvgIpc) is 3.02. The van der Waals surface area contributed by atoms with Crippen LogP contribution in [0, 0.1) is 0 Å². The number of pyridine rings is 1. The maximum Gasteiger partial charge on any atom is 0.185 e. The SMILES string of the molecule is NCc1ccc(N2CCN(c3nccs3)CC2)nc1. The molecule has 100 valence electrons. The molecule has 5 nitrogen and oxygen atoms in total. The molecule has 0 aliphatic carbocycles. The molecule has 0 bridgehead atoms. The van der Waals surface area contributed by atoms with Gasteiger partial charge in [0.05, 0.1) is 0 Å². The molecular weight excluding hydrogens is 258 g/mol. The van der Waals surface area contributed by atoms with Gasteiger partial charge < -0.3 is 15.5 Å². The fraction of sp³-hybridized carbons (Fsp3) is 0.385. The standard InChI is InChI=1S/C13H17N5S/c14-9-11-1-2-12(16-10-11)17-4-6-18(7-5-17)13-15-3-8-19-13/h1-3,8,10H,4-7,9,14H2. The molecule has 0 unspecified atom stereocenters. The number of thiazole rings is 1. The zero-order valence-electron chi connectivity index (χ0n) is 10.7. The fourth-order valence-electron chi connectivity index (χ4n) is 2.22. The predicted octanol–water partition coefficient (Wildman–Crippen LogP) is 1.32. The third-order valence-electron chi connectivity index (χ3n) is 3.34. The minimum atomic E-state index is 0.547. The molecule has 1 aliphatic rings. The summed E-state index contributed by atoms with van der Waals surface area (Å²) in [6.45, 7) is 4.50. The largest absolute Gasteiger partial charge is 0.353 e. The van der Waals surface area contributed by atoms with Gasteiger partial charge in [-0.15, -0.1) is 11.3 Å². The lowest BCUT2D eigenvalue weighted by Gasteiger charge is -2.35. The van der Waals surface area contributed by atoms with Gasteiger partial charge in [-0.25, -0.2) is 9.97 Å². The van der Waals surface area contributed by atoms with E-state index < -0.39 is 0 Å². The van der Waals surface area contributed by atoms with E-state index in [-0.39, 0.29) is 0 Å². The van der Waals surface area contributed by atoms with E-state index in [0.717, 1.165) is 42.7 Å². The van der Waals surface area contributed by atoms with Crippen molar-refractivity contribution in [1.82, 2.24) is 9.97 Å². The molecule has 0 atom stereocenters. The van der Waals surface area contributed by atoms with E-state index in [2.05, 4.69) is 31.9 Å². The van der Waals surface area contributed by atoms with Crippen LogP contribution in [0.2, 0.25) is 0 Å². The van der Waals surface area contributed by atoms with Crippen LogP contribution >= 0.6 is 11.3 Å². The van der Waals surface area contributed by atoms with Gasteiger partial charge in [0, 0.05) is 50.5 Å². The van der Waals surface area contributed by atoms with E-state index in [0.29, 0.717) is 6.54 Å². The Balaban J connectivity index is 1.63. The lowest BCUT2D eigenvalue weighted by Crippen LogP contribution is -2.46. The molecule has 6 heteroatoms. The molecule has 0 saturated carbocycles. The lowest BCUT2D eigenvalue weighted by atomic mass is 10.2. The Morgan fingerprint density at radius 2 is 1.89 bits per heavy atom. The van der Waals surface area contributed by atoms with Gasteiger partial charge in [-0.05, 0) is 11.6 Å². The molecule has 0 aromatic carbocycles. The fourth-order valence-corrected chi connectivity index (χ4v) is 2.92. The molecule has 3 heterocycles. The van der Waals surface area contributed by atoms with E-state index in [4.69, 9.17) is 5.73 Å². The summed E-state index contributed by atoms with van der Waals surface area (Å²) in [5.41, 5.74) is 6.66. The smallest absolute Gasteiger partial charge is 0.185 e. The summed E-state index contributed by atoms with van der Waals surface area (Å²) in [5, 5.41) is 3.14. The average molecular weight is 275 g/mol. The maximum absolute atomic E-state index is 5.58. The van der Waals surface area contributed by atoms with Crippen LogP contribution in [-0.2, 0) is 6.54 Å². The van der Waals surface area contributed by atoms with Gasteiger partial charge in [0.15, 0.2) is 5.13 Å². The minimum absolute atomic E-state index is 0.547. The van der Waals surface area contributed by atoms with Crippen LogP contribution in [0.4, 0.5) is 10.9 Å². The van der Waals surface area contributed by atoms with Crippen LogP contribution in [0.25, 0.3) is 0 Å². The van der Waals surface area contributed by atoms with Gasteiger partial charge in [-0.2, -0.15) is 0 Å². The second-order valence-corrected chi connectivity index (χ2v) is 5.39. The Bertz CT molecular complexity index is 502. The van der Waals surface area contributed by atoms with Crippen LogP contribution in [-0.4, -0.2) is 36.1 Å².